The largest absolute Gasteiger partial charge is 0.472 e. The molecule has 0 bridgehead atoms. The van der Waals surface area contributed by atoms with E-state index in [-0.39, 0.29) is 11.9 Å². The number of ether oxygens (including phenoxy) is 1. The van der Waals surface area contributed by atoms with Crippen molar-refractivity contribution in [3.8, 4) is 0 Å². The van der Waals surface area contributed by atoms with Crippen molar-refractivity contribution in [2.75, 3.05) is 13.2 Å². The predicted molar refractivity (Wildman–Crippen MR) is 51.6 cm³/mol. The second kappa shape index (κ2) is 5.44. The zero-order valence-electron chi connectivity index (χ0n) is 8.23. The highest BCUT2D eigenvalue weighted by atomic mass is 16.5. The maximum atomic E-state index is 11.4. The molecule has 0 amide bonds. The van der Waals surface area contributed by atoms with Crippen molar-refractivity contribution in [3.63, 3.8) is 0 Å². The number of nitrogens with two attached hydrogens (primary N) is 1. The van der Waals surface area contributed by atoms with Gasteiger partial charge < -0.3 is 14.9 Å². The van der Waals surface area contributed by atoms with Gasteiger partial charge in [0, 0.05) is 6.54 Å². The van der Waals surface area contributed by atoms with Gasteiger partial charge in [-0.15, -0.1) is 0 Å². The first-order chi connectivity index (χ1) is 6.77. The van der Waals surface area contributed by atoms with E-state index >= 15 is 0 Å². The molecule has 4 heteroatoms. The summed E-state index contributed by atoms with van der Waals surface area (Å²) in [6.45, 7) is 2.47. The molecule has 0 saturated carbocycles. The molecular formula is C10H15NO3. The third-order valence-electron chi connectivity index (χ3n) is 1.97. The molecule has 1 aromatic heterocycles. The van der Waals surface area contributed by atoms with Crippen LogP contribution in [0.25, 0.3) is 0 Å². The topological polar surface area (TPSA) is 65.5 Å². The summed E-state index contributed by atoms with van der Waals surface area (Å²) in [4.78, 5) is 11.4. The van der Waals surface area contributed by atoms with E-state index < -0.39 is 0 Å². The van der Waals surface area contributed by atoms with Gasteiger partial charge in [-0.2, -0.15) is 0 Å². The van der Waals surface area contributed by atoms with Gasteiger partial charge in [0.15, 0.2) is 0 Å². The van der Waals surface area contributed by atoms with Crippen molar-refractivity contribution in [3.05, 3.63) is 24.2 Å². The molecule has 1 heterocycles. The minimum absolute atomic E-state index is 0.240. The third kappa shape index (κ3) is 2.88. The Hall–Kier alpha value is -1.29. The molecule has 1 aromatic rings. The van der Waals surface area contributed by atoms with Gasteiger partial charge >= 0.3 is 5.97 Å². The fraction of sp³-hybridized carbons (Fsp3) is 0.500. The molecule has 0 saturated heterocycles. The molecule has 78 valence electrons. The highest BCUT2D eigenvalue weighted by Gasteiger charge is 2.18. The Morgan fingerprint density at radius 1 is 1.71 bits per heavy atom. The van der Waals surface area contributed by atoms with Crippen LogP contribution in [-0.2, 0) is 16.0 Å². The summed E-state index contributed by atoms with van der Waals surface area (Å²) in [5.41, 5.74) is 6.46. The first-order valence-corrected chi connectivity index (χ1v) is 4.65. The first-order valence-electron chi connectivity index (χ1n) is 4.65. The molecule has 0 aliphatic rings. The third-order valence-corrected chi connectivity index (χ3v) is 1.97. The van der Waals surface area contributed by atoms with Crippen LogP contribution in [0.15, 0.2) is 23.0 Å². The second-order valence-corrected chi connectivity index (χ2v) is 3.02. The normalized spacial score (nSPS) is 12.4. The van der Waals surface area contributed by atoms with Crippen LogP contribution in [0, 0.1) is 5.92 Å². The minimum Gasteiger partial charge on any atom is -0.472 e. The average Bonchev–Trinajstić information content (AvgIpc) is 2.66. The van der Waals surface area contributed by atoms with Gasteiger partial charge in [0.25, 0.3) is 0 Å². The Morgan fingerprint density at radius 3 is 3.00 bits per heavy atom. The number of hydrogen-bond acceptors (Lipinski definition) is 4. The monoisotopic (exact) mass is 197 g/mol. The highest BCUT2D eigenvalue weighted by molar-refractivity contribution is 5.73. The van der Waals surface area contributed by atoms with Crippen LogP contribution in [0.3, 0.4) is 0 Å². The Morgan fingerprint density at radius 2 is 2.50 bits per heavy atom. The zero-order valence-corrected chi connectivity index (χ0v) is 8.23. The smallest absolute Gasteiger partial charge is 0.310 e. The van der Waals surface area contributed by atoms with E-state index in [1.807, 2.05) is 6.07 Å². The van der Waals surface area contributed by atoms with Crippen LogP contribution >= 0.6 is 0 Å². The van der Waals surface area contributed by atoms with Crippen molar-refractivity contribution in [2.24, 2.45) is 11.7 Å². The molecule has 0 aliphatic heterocycles. The Kier molecular flexibility index (Phi) is 4.19. The number of furan rings is 1. The fourth-order valence-corrected chi connectivity index (χ4v) is 1.22. The zero-order chi connectivity index (χ0) is 10.4. The molecule has 0 fully saturated rings. The van der Waals surface area contributed by atoms with E-state index in [4.69, 9.17) is 14.9 Å². The highest BCUT2D eigenvalue weighted by Crippen LogP contribution is 2.10. The molecule has 2 N–H and O–H groups in total. The molecule has 1 unspecified atom stereocenters. The first kappa shape index (κ1) is 10.8. The molecule has 0 radical (unpaired) electrons. The van der Waals surface area contributed by atoms with E-state index in [2.05, 4.69) is 0 Å². The molecule has 0 aromatic carbocycles. The van der Waals surface area contributed by atoms with Gasteiger partial charge in [-0.25, -0.2) is 0 Å². The van der Waals surface area contributed by atoms with Crippen molar-refractivity contribution in [1.29, 1.82) is 0 Å². The van der Waals surface area contributed by atoms with E-state index in [0.29, 0.717) is 19.6 Å². The van der Waals surface area contributed by atoms with Gasteiger partial charge in [0.05, 0.1) is 25.1 Å². The number of esters is 1. The molecule has 0 aliphatic carbocycles. The maximum Gasteiger partial charge on any atom is 0.310 e. The van der Waals surface area contributed by atoms with Crippen molar-refractivity contribution >= 4 is 5.97 Å². The number of hydrogen-bond donors (Lipinski definition) is 1. The van der Waals surface area contributed by atoms with Crippen molar-refractivity contribution in [2.45, 2.75) is 13.3 Å². The predicted octanol–water partition coefficient (Wildman–Crippen LogP) is 0.960. The van der Waals surface area contributed by atoms with Crippen LogP contribution < -0.4 is 5.73 Å². The van der Waals surface area contributed by atoms with Gasteiger partial charge in [-0.05, 0) is 25.0 Å². The lowest BCUT2D eigenvalue weighted by Crippen LogP contribution is -2.27. The Labute approximate surface area is 83.0 Å². The lowest BCUT2D eigenvalue weighted by molar-refractivity contribution is -0.147. The molecule has 4 nitrogen and oxygen atoms in total. The maximum absolute atomic E-state index is 11.4. The second-order valence-electron chi connectivity index (χ2n) is 3.02. The molecule has 0 spiro atoms. The Balaban J connectivity index is 2.50. The summed E-state index contributed by atoms with van der Waals surface area (Å²) in [6, 6.07) is 1.82. The van der Waals surface area contributed by atoms with Crippen LogP contribution in [0.5, 0.6) is 0 Å². The van der Waals surface area contributed by atoms with Crippen molar-refractivity contribution < 1.29 is 13.9 Å². The molecular weight excluding hydrogens is 182 g/mol. The summed E-state index contributed by atoms with van der Waals surface area (Å²) in [5.74, 6) is -0.510. The van der Waals surface area contributed by atoms with Gasteiger partial charge in [-0.1, -0.05) is 0 Å². The fourth-order valence-electron chi connectivity index (χ4n) is 1.22. The Bertz CT molecular complexity index is 269. The summed E-state index contributed by atoms with van der Waals surface area (Å²) in [5, 5.41) is 0. The lowest BCUT2D eigenvalue weighted by atomic mass is 10.0. The van der Waals surface area contributed by atoms with Gasteiger partial charge in [0.1, 0.15) is 0 Å². The van der Waals surface area contributed by atoms with E-state index in [9.17, 15) is 4.79 Å². The van der Waals surface area contributed by atoms with Crippen LogP contribution in [0.2, 0.25) is 0 Å². The van der Waals surface area contributed by atoms with E-state index in [1.165, 1.54) is 0 Å². The standard InChI is InChI=1S/C10H15NO3/c1-2-14-10(12)9(6-11)5-8-3-4-13-7-8/h3-4,7,9H,2,5-6,11H2,1H3. The SMILES string of the molecule is CCOC(=O)C(CN)Cc1ccoc1. The quantitative estimate of drug-likeness (QED) is 0.714. The van der Waals surface area contributed by atoms with Crippen LogP contribution in [0.1, 0.15) is 12.5 Å². The summed E-state index contributed by atoms with van der Waals surface area (Å²) in [6.07, 6.45) is 3.77. The lowest BCUT2D eigenvalue weighted by Gasteiger charge is -2.11. The van der Waals surface area contributed by atoms with E-state index in [0.717, 1.165) is 5.56 Å². The molecule has 1 rings (SSSR count). The summed E-state index contributed by atoms with van der Waals surface area (Å²) >= 11 is 0. The number of carbonyl (C=O) groups excluding carboxylic acids is 1. The average molecular weight is 197 g/mol. The van der Waals surface area contributed by atoms with Crippen molar-refractivity contribution in [1.82, 2.24) is 0 Å². The number of rotatable bonds is 5. The van der Waals surface area contributed by atoms with E-state index in [1.54, 1.807) is 19.5 Å². The van der Waals surface area contributed by atoms with Gasteiger partial charge in [-0.3, -0.25) is 4.79 Å². The summed E-state index contributed by atoms with van der Waals surface area (Å²) < 4.78 is 9.80. The summed E-state index contributed by atoms with van der Waals surface area (Å²) in [7, 11) is 0. The van der Waals surface area contributed by atoms with Crippen LogP contribution in [-0.4, -0.2) is 19.1 Å². The molecule has 1 atom stereocenters. The molecule has 14 heavy (non-hydrogen) atoms. The minimum atomic E-state index is -0.271. The number of carbonyl (C=O) groups is 1. The van der Waals surface area contributed by atoms with Crippen LogP contribution in [0.4, 0.5) is 0 Å². The van der Waals surface area contributed by atoms with Gasteiger partial charge in [0.2, 0.25) is 0 Å².